The van der Waals surface area contributed by atoms with Gasteiger partial charge in [-0.3, -0.25) is 4.90 Å². The highest BCUT2D eigenvalue weighted by molar-refractivity contribution is 5.83. The van der Waals surface area contributed by atoms with Crippen molar-refractivity contribution in [2.24, 2.45) is 0 Å². The summed E-state index contributed by atoms with van der Waals surface area (Å²) in [6, 6.07) is 0. The number of alkyl halides is 3. The SMILES string of the molecule is OCCCN1CCN(c2nc(C(F)(F)F)nc3nc[nH]c23)CC1. The number of aliphatic hydroxyl groups excluding tert-OH is 1. The number of aromatic nitrogens is 4. The Labute approximate surface area is 130 Å². The molecule has 2 N–H and O–H groups in total. The Hall–Kier alpha value is -1.94. The fraction of sp³-hybridized carbons (Fsp3) is 0.615. The molecule has 3 heterocycles. The van der Waals surface area contributed by atoms with Crippen LogP contribution in [0.25, 0.3) is 11.2 Å². The molecule has 0 amide bonds. The Balaban J connectivity index is 1.84. The number of anilines is 1. The summed E-state index contributed by atoms with van der Waals surface area (Å²) in [5, 5.41) is 8.86. The first-order valence-electron chi connectivity index (χ1n) is 7.35. The van der Waals surface area contributed by atoms with Crippen molar-refractivity contribution < 1.29 is 18.3 Å². The molecule has 0 aliphatic carbocycles. The quantitative estimate of drug-likeness (QED) is 0.866. The van der Waals surface area contributed by atoms with Gasteiger partial charge in [0.2, 0.25) is 5.82 Å². The van der Waals surface area contributed by atoms with Crippen LogP contribution in [-0.4, -0.2) is 69.3 Å². The lowest BCUT2D eigenvalue weighted by Crippen LogP contribution is -2.47. The van der Waals surface area contributed by atoms with Crippen molar-refractivity contribution in [1.29, 1.82) is 0 Å². The second kappa shape index (κ2) is 6.28. The van der Waals surface area contributed by atoms with Gasteiger partial charge in [-0.1, -0.05) is 0 Å². The fourth-order valence-corrected chi connectivity index (χ4v) is 2.65. The Kier molecular flexibility index (Phi) is 4.35. The summed E-state index contributed by atoms with van der Waals surface area (Å²) in [7, 11) is 0. The number of hydrogen-bond donors (Lipinski definition) is 2. The largest absolute Gasteiger partial charge is 0.451 e. The minimum absolute atomic E-state index is 0.0186. The zero-order chi connectivity index (χ0) is 16.4. The maximum atomic E-state index is 13.0. The summed E-state index contributed by atoms with van der Waals surface area (Å²) in [5.41, 5.74) is 0.437. The molecule has 1 aliphatic rings. The molecule has 0 radical (unpaired) electrons. The topological polar surface area (TPSA) is 81.2 Å². The Bertz CT molecular complexity index is 665. The molecule has 0 aromatic carbocycles. The second-order valence-electron chi connectivity index (χ2n) is 5.38. The van der Waals surface area contributed by atoms with Gasteiger partial charge >= 0.3 is 6.18 Å². The number of hydrogen-bond acceptors (Lipinski definition) is 6. The van der Waals surface area contributed by atoms with E-state index in [9.17, 15) is 13.2 Å². The van der Waals surface area contributed by atoms with Gasteiger partial charge in [0, 0.05) is 39.3 Å². The Morgan fingerprint density at radius 2 is 1.91 bits per heavy atom. The molecule has 2 aromatic heterocycles. The van der Waals surface area contributed by atoms with Gasteiger partial charge in [0.05, 0.1) is 6.33 Å². The molecule has 3 rings (SSSR count). The van der Waals surface area contributed by atoms with E-state index in [2.05, 4.69) is 24.8 Å². The first-order valence-corrected chi connectivity index (χ1v) is 7.35. The summed E-state index contributed by atoms with van der Waals surface area (Å²) in [6.07, 6.45) is -2.60. The van der Waals surface area contributed by atoms with Crippen LogP contribution in [0.1, 0.15) is 12.2 Å². The van der Waals surface area contributed by atoms with Crippen LogP contribution in [0, 0.1) is 0 Å². The van der Waals surface area contributed by atoms with Gasteiger partial charge in [0.25, 0.3) is 0 Å². The second-order valence-corrected chi connectivity index (χ2v) is 5.38. The molecule has 1 fully saturated rings. The highest BCUT2D eigenvalue weighted by Crippen LogP contribution is 2.30. The molecular weight excluding hydrogens is 313 g/mol. The average Bonchev–Trinajstić information content (AvgIpc) is 3.00. The Morgan fingerprint density at radius 1 is 1.17 bits per heavy atom. The van der Waals surface area contributed by atoms with E-state index in [-0.39, 0.29) is 18.1 Å². The maximum Gasteiger partial charge on any atom is 0.451 e. The predicted octanol–water partition coefficient (Wildman–Crippen LogP) is 0.876. The van der Waals surface area contributed by atoms with Crippen LogP contribution < -0.4 is 4.90 Å². The molecule has 0 atom stereocenters. The number of fused-ring (bicyclic) bond motifs is 1. The number of halogens is 3. The smallest absolute Gasteiger partial charge is 0.396 e. The zero-order valence-corrected chi connectivity index (χ0v) is 12.3. The lowest BCUT2D eigenvalue weighted by atomic mass is 10.3. The highest BCUT2D eigenvalue weighted by atomic mass is 19.4. The zero-order valence-electron chi connectivity index (χ0n) is 12.3. The van der Waals surface area contributed by atoms with Crippen LogP contribution in [-0.2, 0) is 6.18 Å². The molecular formula is C13H17F3N6O. The summed E-state index contributed by atoms with van der Waals surface area (Å²) in [4.78, 5) is 17.8. The molecule has 0 unspecified atom stereocenters. The number of piperazine rings is 1. The average molecular weight is 330 g/mol. The van der Waals surface area contributed by atoms with Crippen molar-refractivity contribution in [1.82, 2.24) is 24.8 Å². The first-order chi connectivity index (χ1) is 11.0. The van der Waals surface area contributed by atoms with E-state index in [0.29, 0.717) is 38.1 Å². The molecule has 7 nitrogen and oxygen atoms in total. The van der Waals surface area contributed by atoms with E-state index in [1.165, 1.54) is 6.33 Å². The van der Waals surface area contributed by atoms with Crippen molar-refractivity contribution in [3.05, 3.63) is 12.2 Å². The van der Waals surface area contributed by atoms with Crippen LogP contribution in [0.2, 0.25) is 0 Å². The number of nitrogens with one attached hydrogen (secondary N) is 1. The number of H-pyrrole nitrogens is 1. The minimum atomic E-state index is -4.61. The molecule has 1 aliphatic heterocycles. The van der Waals surface area contributed by atoms with Crippen LogP contribution >= 0.6 is 0 Å². The van der Waals surface area contributed by atoms with Crippen LogP contribution in [0.5, 0.6) is 0 Å². The summed E-state index contributed by atoms with van der Waals surface area (Å²) in [6.45, 7) is 3.46. The normalized spacial score (nSPS) is 17.1. The van der Waals surface area contributed by atoms with Crippen LogP contribution in [0.4, 0.5) is 19.0 Å². The van der Waals surface area contributed by atoms with E-state index in [4.69, 9.17) is 5.11 Å². The number of imidazole rings is 1. The van der Waals surface area contributed by atoms with Gasteiger partial charge in [-0.25, -0.2) is 15.0 Å². The molecule has 0 spiro atoms. The van der Waals surface area contributed by atoms with E-state index < -0.39 is 12.0 Å². The molecule has 10 heteroatoms. The number of aromatic amines is 1. The summed E-state index contributed by atoms with van der Waals surface area (Å²) in [5.74, 6) is -0.934. The van der Waals surface area contributed by atoms with Crippen molar-refractivity contribution in [3.63, 3.8) is 0 Å². The number of aliphatic hydroxyl groups is 1. The summed E-state index contributed by atoms with van der Waals surface area (Å²) < 4.78 is 38.9. The number of rotatable bonds is 4. The van der Waals surface area contributed by atoms with Crippen molar-refractivity contribution in [2.45, 2.75) is 12.6 Å². The third-order valence-electron chi connectivity index (χ3n) is 3.82. The molecule has 0 bridgehead atoms. The Morgan fingerprint density at radius 3 is 2.57 bits per heavy atom. The standard InChI is InChI=1S/C13H17F3N6O/c14-13(15,16)12-19-10-9(17-8-18-10)11(20-12)22-5-3-21(4-6-22)2-1-7-23/h8,23H,1-7H2,(H,17,18,19,20). The van der Waals surface area contributed by atoms with Gasteiger partial charge in [0.15, 0.2) is 11.5 Å². The predicted molar refractivity (Wildman–Crippen MR) is 77.0 cm³/mol. The van der Waals surface area contributed by atoms with Gasteiger partial charge in [-0.15, -0.1) is 0 Å². The minimum Gasteiger partial charge on any atom is -0.396 e. The maximum absolute atomic E-state index is 13.0. The molecule has 1 saturated heterocycles. The van der Waals surface area contributed by atoms with Crippen molar-refractivity contribution in [3.8, 4) is 0 Å². The molecule has 2 aromatic rings. The van der Waals surface area contributed by atoms with Crippen molar-refractivity contribution >= 4 is 17.0 Å². The van der Waals surface area contributed by atoms with E-state index in [0.717, 1.165) is 6.54 Å². The lowest BCUT2D eigenvalue weighted by Gasteiger charge is -2.35. The van der Waals surface area contributed by atoms with E-state index in [1.807, 2.05) is 4.90 Å². The first kappa shape index (κ1) is 15.9. The third-order valence-corrected chi connectivity index (χ3v) is 3.82. The monoisotopic (exact) mass is 330 g/mol. The van der Waals surface area contributed by atoms with E-state index in [1.54, 1.807) is 0 Å². The van der Waals surface area contributed by atoms with Gasteiger partial charge < -0.3 is 15.0 Å². The van der Waals surface area contributed by atoms with Gasteiger partial charge in [0.1, 0.15) is 5.52 Å². The molecule has 126 valence electrons. The number of nitrogens with zero attached hydrogens (tertiary/aromatic N) is 5. The van der Waals surface area contributed by atoms with E-state index >= 15 is 0 Å². The highest BCUT2D eigenvalue weighted by Gasteiger charge is 2.36. The van der Waals surface area contributed by atoms with Crippen LogP contribution in [0.3, 0.4) is 0 Å². The lowest BCUT2D eigenvalue weighted by molar-refractivity contribution is -0.144. The fourth-order valence-electron chi connectivity index (χ4n) is 2.65. The summed E-state index contributed by atoms with van der Waals surface area (Å²) >= 11 is 0. The van der Waals surface area contributed by atoms with Crippen molar-refractivity contribution in [2.75, 3.05) is 44.2 Å². The van der Waals surface area contributed by atoms with Gasteiger partial charge in [-0.05, 0) is 6.42 Å². The molecule has 0 saturated carbocycles. The van der Waals surface area contributed by atoms with Gasteiger partial charge in [-0.2, -0.15) is 13.2 Å². The molecule has 23 heavy (non-hydrogen) atoms. The third kappa shape index (κ3) is 3.37. The van der Waals surface area contributed by atoms with Crippen LogP contribution in [0.15, 0.2) is 6.33 Å².